The molecule has 0 atom stereocenters. The van der Waals surface area contributed by atoms with E-state index >= 15 is 0 Å². The average molecular weight is 585 g/mol. The molecule has 2 aromatic carbocycles. The van der Waals surface area contributed by atoms with Gasteiger partial charge in [-0.05, 0) is 42.2 Å². The van der Waals surface area contributed by atoms with Crippen molar-refractivity contribution in [3.05, 3.63) is 59.4 Å². The highest BCUT2D eigenvalue weighted by molar-refractivity contribution is 7.92. The molecule has 0 amide bonds. The van der Waals surface area contributed by atoms with Crippen LogP contribution in [0.25, 0.3) is 10.9 Å². The molecule has 5 N–H and O–H groups in total. The zero-order valence-corrected chi connectivity index (χ0v) is 25.2. The number of nitrogens with one attached hydrogen (secondary N) is 2. The number of carbonyl (C=O) groups is 1. The molecule has 0 aliphatic carbocycles. The zero-order valence-electron chi connectivity index (χ0n) is 24.4. The summed E-state index contributed by atoms with van der Waals surface area (Å²) >= 11 is 0. The summed E-state index contributed by atoms with van der Waals surface area (Å²) in [4.78, 5) is 19.8. The number of carboxylic acid groups (broad SMARTS) is 1. The maximum atomic E-state index is 11.3. The molecular formula is C28H36N6O6S. The standard InChI is InChI=1S/C16H16N4O3.C12H20N2O3S/c1-9-7-13(19-16(17-2)18-9)23-12-6-4-5-10-8-11(15(21)22)20(3)14(10)12;1-12(2,3)8-6-9(13)11(17-4)10(7-8)14-18(5,15)16/h4-8H,1-3H3,(H,21,22)(H,17,18,19);6-7,14H,13H2,1-5H3. The maximum Gasteiger partial charge on any atom is 0.352 e. The lowest BCUT2D eigenvalue weighted by atomic mass is 9.86. The van der Waals surface area contributed by atoms with Gasteiger partial charge in [0.2, 0.25) is 21.9 Å². The van der Waals surface area contributed by atoms with Crippen LogP contribution < -0.4 is 25.2 Å². The van der Waals surface area contributed by atoms with E-state index in [4.69, 9.17) is 15.2 Å². The van der Waals surface area contributed by atoms with E-state index in [1.54, 1.807) is 49.0 Å². The molecule has 0 aliphatic heterocycles. The number of hydrogen-bond donors (Lipinski definition) is 4. The van der Waals surface area contributed by atoms with Crippen molar-refractivity contribution in [2.24, 2.45) is 7.05 Å². The molecule has 220 valence electrons. The summed E-state index contributed by atoms with van der Waals surface area (Å²) in [5.41, 5.74) is 9.14. The van der Waals surface area contributed by atoms with Gasteiger partial charge in [0.1, 0.15) is 5.69 Å². The lowest BCUT2D eigenvalue weighted by Gasteiger charge is -2.22. The predicted molar refractivity (Wildman–Crippen MR) is 161 cm³/mol. The number of anilines is 3. The second-order valence-corrected chi connectivity index (χ2v) is 12.1. The molecule has 0 bridgehead atoms. The fraction of sp³-hybridized carbons (Fsp3) is 0.321. The van der Waals surface area contributed by atoms with Crippen LogP contribution in [0, 0.1) is 6.92 Å². The topological polar surface area (TPSA) is 171 Å². The first-order valence-corrected chi connectivity index (χ1v) is 14.4. The SMILES string of the molecule is CNc1nc(C)cc(Oc2cccc3cc(C(=O)O)n(C)c23)n1.COc1c(N)cc(C(C)(C)C)cc1NS(C)(=O)=O. The molecule has 0 saturated heterocycles. The quantitative estimate of drug-likeness (QED) is 0.222. The minimum atomic E-state index is -3.37. The van der Waals surface area contributed by atoms with Gasteiger partial charge in [-0.2, -0.15) is 4.98 Å². The van der Waals surface area contributed by atoms with E-state index in [0.717, 1.165) is 22.9 Å². The molecule has 0 radical (unpaired) electrons. The van der Waals surface area contributed by atoms with Crippen LogP contribution in [0.3, 0.4) is 0 Å². The van der Waals surface area contributed by atoms with Crippen molar-refractivity contribution in [1.29, 1.82) is 0 Å². The zero-order chi connectivity index (χ0) is 30.7. The highest BCUT2D eigenvalue weighted by Gasteiger charge is 2.20. The van der Waals surface area contributed by atoms with E-state index in [9.17, 15) is 18.3 Å². The van der Waals surface area contributed by atoms with Crippen molar-refractivity contribution >= 4 is 44.2 Å². The molecule has 4 rings (SSSR count). The molecule has 41 heavy (non-hydrogen) atoms. The van der Waals surface area contributed by atoms with Gasteiger partial charge in [-0.25, -0.2) is 18.2 Å². The summed E-state index contributed by atoms with van der Waals surface area (Å²) in [7, 11) is 1.51. The molecule has 13 heteroatoms. The van der Waals surface area contributed by atoms with E-state index in [0.29, 0.717) is 40.2 Å². The molecule has 0 fully saturated rings. The molecule has 0 aliphatic rings. The van der Waals surface area contributed by atoms with Crippen LogP contribution in [0.1, 0.15) is 42.5 Å². The van der Waals surface area contributed by atoms with E-state index in [1.165, 1.54) is 7.11 Å². The Labute approximate surface area is 239 Å². The lowest BCUT2D eigenvalue weighted by molar-refractivity contribution is 0.0687. The summed E-state index contributed by atoms with van der Waals surface area (Å²) in [5, 5.41) is 12.9. The molecule has 0 spiro atoms. The Bertz CT molecular complexity index is 1690. The molecule has 2 aromatic heterocycles. The van der Waals surface area contributed by atoms with Gasteiger partial charge in [0.15, 0.2) is 11.5 Å². The molecule has 0 saturated carbocycles. The van der Waals surface area contributed by atoms with E-state index in [2.05, 4.69) is 20.0 Å². The first-order valence-electron chi connectivity index (χ1n) is 12.5. The van der Waals surface area contributed by atoms with Crippen LogP contribution in [-0.2, 0) is 22.5 Å². The first-order chi connectivity index (χ1) is 19.0. The van der Waals surface area contributed by atoms with Crippen molar-refractivity contribution in [1.82, 2.24) is 14.5 Å². The van der Waals surface area contributed by atoms with E-state index in [-0.39, 0.29) is 11.1 Å². The lowest BCUT2D eigenvalue weighted by Crippen LogP contribution is -2.15. The van der Waals surface area contributed by atoms with Gasteiger partial charge in [0, 0.05) is 31.2 Å². The number of aryl methyl sites for hydroxylation is 2. The fourth-order valence-corrected chi connectivity index (χ4v) is 4.62. The minimum absolute atomic E-state index is 0.131. The summed E-state index contributed by atoms with van der Waals surface area (Å²) in [6.45, 7) is 7.93. The van der Waals surface area contributed by atoms with Crippen LogP contribution in [-0.4, -0.2) is 54.4 Å². The number of aromatic nitrogens is 3. The van der Waals surface area contributed by atoms with Gasteiger partial charge in [-0.3, -0.25) is 4.72 Å². The van der Waals surface area contributed by atoms with Gasteiger partial charge in [0.05, 0.1) is 30.3 Å². The van der Waals surface area contributed by atoms with Gasteiger partial charge < -0.3 is 30.2 Å². The summed E-state index contributed by atoms with van der Waals surface area (Å²) < 4.78 is 37.7. The van der Waals surface area contributed by atoms with Crippen molar-refractivity contribution in [3.63, 3.8) is 0 Å². The van der Waals surface area contributed by atoms with Crippen LogP contribution >= 0.6 is 0 Å². The Morgan fingerprint density at radius 3 is 2.37 bits per heavy atom. The Morgan fingerprint density at radius 2 is 1.80 bits per heavy atom. The number of fused-ring (bicyclic) bond motifs is 1. The largest absolute Gasteiger partial charge is 0.492 e. The number of nitrogens with zero attached hydrogens (tertiary/aromatic N) is 3. The normalized spacial score (nSPS) is 11.4. The number of nitrogens with two attached hydrogens (primary N) is 1. The van der Waals surface area contributed by atoms with Crippen molar-refractivity contribution in [2.75, 3.05) is 36.2 Å². The van der Waals surface area contributed by atoms with Gasteiger partial charge in [-0.1, -0.05) is 32.9 Å². The molecule has 0 unspecified atom stereocenters. The third-order valence-corrected chi connectivity index (χ3v) is 6.58. The molecule has 12 nitrogen and oxygen atoms in total. The summed E-state index contributed by atoms with van der Waals surface area (Å²) in [6.07, 6.45) is 1.09. The molecular weight excluding hydrogens is 548 g/mol. The maximum absolute atomic E-state index is 11.3. The summed E-state index contributed by atoms with van der Waals surface area (Å²) in [5.74, 6) is 0.758. The van der Waals surface area contributed by atoms with Crippen molar-refractivity contribution < 1.29 is 27.8 Å². The van der Waals surface area contributed by atoms with Crippen LogP contribution in [0.4, 0.5) is 17.3 Å². The second-order valence-electron chi connectivity index (χ2n) is 10.4. The predicted octanol–water partition coefficient (Wildman–Crippen LogP) is 4.76. The average Bonchev–Trinajstić information content (AvgIpc) is 3.20. The van der Waals surface area contributed by atoms with Gasteiger partial charge in [0.25, 0.3) is 0 Å². The highest BCUT2D eigenvalue weighted by Crippen LogP contribution is 2.37. The van der Waals surface area contributed by atoms with Crippen LogP contribution in [0.15, 0.2) is 42.5 Å². The van der Waals surface area contributed by atoms with E-state index in [1.807, 2.05) is 39.8 Å². The van der Waals surface area contributed by atoms with Crippen molar-refractivity contribution in [2.45, 2.75) is 33.1 Å². The highest BCUT2D eigenvalue weighted by atomic mass is 32.2. The third kappa shape index (κ3) is 7.57. The number of hydrogen-bond acceptors (Lipinski definition) is 9. The number of para-hydroxylation sites is 1. The number of benzene rings is 2. The Kier molecular flexibility index (Phi) is 9.02. The number of carboxylic acids is 1. The smallest absolute Gasteiger partial charge is 0.352 e. The number of ether oxygens (including phenoxy) is 2. The molecule has 4 aromatic rings. The Balaban J connectivity index is 0.000000233. The van der Waals surface area contributed by atoms with Crippen molar-refractivity contribution in [3.8, 4) is 17.4 Å². The number of rotatable bonds is 7. The number of methoxy groups -OCH3 is 1. The minimum Gasteiger partial charge on any atom is -0.492 e. The number of aromatic carboxylic acids is 1. The third-order valence-electron chi connectivity index (χ3n) is 5.99. The second kappa shape index (κ2) is 11.9. The Morgan fingerprint density at radius 1 is 1.12 bits per heavy atom. The molecule has 2 heterocycles. The van der Waals surface area contributed by atoms with Gasteiger partial charge >= 0.3 is 5.97 Å². The van der Waals surface area contributed by atoms with E-state index < -0.39 is 16.0 Å². The first kappa shape index (κ1) is 31.0. The monoisotopic (exact) mass is 584 g/mol. The number of nitrogen functional groups attached to an aromatic ring is 1. The number of sulfonamides is 1. The summed E-state index contributed by atoms with van der Waals surface area (Å²) in [6, 6.07) is 12.3. The van der Waals surface area contributed by atoms with Crippen LogP contribution in [0.5, 0.6) is 17.4 Å². The van der Waals surface area contributed by atoms with Gasteiger partial charge in [-0.15, -0.1) is 0 Å². The Hall–Kier alpha value is -4.52. The van der Waals surface area contributed by atoms with Crippen LogP contribution in [0.2, 0.25) is 0 Å². The fourth-order valence-electron chi connectivity index (χ4n) is 4.07.